The molecule has 164 valence electrons. The maximum absolute atomic E-state index is 12.5. The van der Waals surface area contributed by atoms with Crippen molar-refractivity contribution in [3.05, 3.63) is 93.5 Å². The average Bonchev–Trinajstić information content (AvgIpc) is 3.29. The van der Waals surface area contributed by atoms with Gasteiger partial charge in [0.1, 0.15) is 6.61 Å². The standard InChI is InChI=1S/C22H18ClN3O6/c23-16-11-26(22(29)25-19(16)24-20(27)14-7-3-1-4-8-14)17-12-30-18(32-17)13-31-21(28)15-9-5-2-6-10-15/h1-11,17-18H,12-13H2,(H,24,25,27,29)/t17-,18-/m0/s1. The highest BCUT2D eigenvalue weighted by Crippen LogP contribution is 2.24. The van der Waals surface area contributed by atoms with Crippen LogP contribution in [0, 0.1) is 0 Å². The maximum Gasteiger partial charge on any atom is 0.351 e. The van der Waals surface area contributed by atoms with Crippen LogP contribution in [0.2, 0.25) is 5.02 Å². The summed E-state index contributed by atoms with van der Waals surface area (Å²) in [6.45, 7) is -0.119. The van der Waals surface area contributed by atoms with Crippen LogP contribution in [-0.4, -0.2) is 40.9 Å². The van der Waals surface area contributed by atoms with Crippen molar-refractivity contribution in [3.63, 3.8) is 0 Å². The molecule has 1 N–H and O–H groups in total. The van der Waals surface area contributed by atoms with Crippen molar-refractivity contribution in [2.45, 2.75) is 12.5 Å². The molecule has 0 aliphatic carbocycles. The summed E-state index contributed by atoms with van der Waals surface area (Å²) in [7, 11) is 0. The van der Waals surface area contributed by atoms with Crippen LogP contribution in [0.15, 0.2) is 71.7 Å². The first-order valence-electron chi connectivity index (χ1n) is 9.65. The number of aromatic nitrogens is 2. The monoisotopic (exact) mass is 455 g/mol. The number of carbonyl (C=O) groups excluding carboxylic acids is 2. The lowest BCUT2D eigenvalue weighted by atomic mass is 10.2. The molecule has 1 amide bonds. The van der Waals surface area contributed by atoms with E-state index in [-0.39, 0.29) is 24.1 Å². The molecule has 2 aromatic carbocycles. The number of amides is 1. The SMILES string of the molecule is O=C(Nc1nc(=O)n([C@@H]2CO[C@H](COC(=O)c3ccccc3)O2)cc1Cl)c1ccccc1. The summed E-state index contributed by atoms with van der Waals surface area (Å²) in [5.41, 5.74) is 0.116. The van der Waals surface area contributed by atoms with Crippen molar-refractivity contribution >= 4 is 29.3 Å². The van der Waals surface area contributed by atoms with Gasteiger partial charge < -0.3 is 19.5 Å². The first-order valence-corrected chi connectivity index (χ1v) is 10.0. The van der Waals surface area contributed by atoms with Crippen molar-refractivity contribution in [1.29, 1.82) is 0 Å². The third-order valence-electron chi connectivity index (χ3n) is 4.58. The molecular weight excluding hydrogens is 438 g/mol. The summed E-state index contributed by atoms with van der Waals surface area (Å²) >= 11 is 6.22. The van der Waals surface area contributed by atoms with E-state index in [4.69, 9.17) is 25.8 Å². The van der Waals surface area contributed by atoms with Gasteiger partial charge >= 0.3 is 11.7 Å². The topological polar surface area (TPSA) is 109 Å². The van der Waals surface area contributed by atoms with Crippen LogP contribution in [0.3, 0.4) is 0 Å². The Hall–Kier alpha value is -3.53. The van der Waals surface area contributed by atoms with Gasteiger partial charge in [-0.3, -0.25) is 9.36 Å². The van der Waals surface area contributed by atoms with E-state index in [1.165, 1.54) is 6.20 Å². The van der Waals surface area contributed by atoms with Gasteiger partial charge in [-0.05, 0) is 24.3 Å². The molecule has 2 heterocycles. The fraction of sp³-hybridized carbons (Fsp3) is 0.182. The zero-order valence-corrected chi connectivity index (χ0v) is 17.4. The van der Waals surface area contributed by atoms with Crippen molar-refractivity contribution in [2.24, 2.45) is 0 Å². The molecule has 3 aromatic rings. The Bertz CT molecular complexity index is 1170. The molecule has 9 nitrogen and oxygen atoms in total. The first kappa shape index (κ1) is 21.7. The molecule has 0 spiro atoms. The van der Waals surface area contributed by atoms with Crippen molar-refractivity contribution < 1.29 is 23.8 Å². The number of nitrogens with zero attached hydrogens (tertiary/aromatic N) is 2. The molecule has 0 bridgehead atoms. The zero-order valence-electron chi connectivity index (χ0n) is 16.6. The second-order valence-corrected chi connectivity index (χ2v) is 7.17. The lowest BCUT2D eigenvalue weighted by Crippen LogP contribution is -2.30. The number of hydrogen-bond donors (Lipinski definition) is 1. The predicted octanol–water partition coefficient (Wildman–Crippen LogP) is 2.88. The van der Waals surface area contributed by atoms with E-state index >= 15 is 0 Å². The summed E-state index contributed by atoms with van der Waals surface area (Å²) in [5.74, 6) is -1.02. The van der Waals surface area contributed by atoms with E-state index in [0.717, 1.165) is 4.57 Å². The van der Waals surface area contributed by atoms with E-state index in [0.29, 0.717) is 11.1 Å². The fourth-order valence-corrected chi connectivity index (χ4v) is 3.18. The van der Waals surface area contributed by atoms with E-state index in [1.807, 2.05) is 0 Å². The minimum absolute atomic E-state index is 0.0290. The summed E-state index contributed by atoms with van der Waals surface area (Å²) in [4.78, 5) is 40.6. The number of nitrogens with one attached hydrogen (secondary N) is 1. The van der Waals surface area contributed by atoms with Gasteiger partial charge in [-0.2, -0.15) is 4.98 Å². The van der Waals surface area contributed by atoms with Gasteiger partial charge in [0.25, 0.3) is 5.91 Å². The van der Waals surface area contributed by atoms with E-state index in [2.05, 4.69) is 10.3 Å². The van der Waals surface area contributed by atoms with Crippen molar-refractivity contribution in [2.75, 3.05) is 18.5 Å². The average molecular weight is 456 g/mol. The molecule has 0 radical (unpaired) electrons. The minimum atomic E-state index is -0.851. The van der Waals surface area contributed by atoms with Gasteiger partial charge in [0.2, 0.25) is 0 Å². The predicted molar refractivity (Wildman–Crippen MR) is 114 cm³/mol. The zero-order chi connectivity index (χ0) is 22.5. The van der Waals surface area contributed by atoms with Gasteiger partial charge in [-0.25, -0.2) is 9.59 Å². The van der Waals surface area contributed by atoms with E-state index < -0.39 is 30.1 Å². The van der Waals surface area contributed by atoms with Gasteiger partial charge in [0, 0.05) is 11.8 Å². The van der Waals surface area contributed by atoms with Crippen LogP contribution < -0.4 is 11.0 Å². The summed E-state index contributed by atoms with van der Waals surface area (Å²) in [6, 6.07) is 17.0. The second-order valence-electron chi connectivity index (χ2n) is 6.77. The molecule has 1 aromatic heterocycles. The molecule has 4 rings (SSSR count). The molecule has 1 fully saturated rings. The van der Waals surface area contributed by atoms with Crippen LogP contribution in [0.4, 0.5) is 5.82 Å². The summed E-state index contributed by atoms with van der Waals surface area (Å²) in [5, 5.41) is 2.57. The van der Waals surface area contributed by atoms with Crippen LogP contribution in [-0.2, 0) is 14.2 Å². The number of anilines is 1. The summed E-state index contributed by atoms with van der Waals surface area (Å²) in [6.07, 6.45) is -0.355. The van der Waals surface area contributed by atoms with Crippen molar-refractivity contribution in [1.82, 2.24) is 9.55 Å². The lowest BCUT2D eigenvalue weighted by Gasteiger charge is -2.15. The largest absolute Gasteiger partial charge is 0.457 e. The highest BCUT2D eigenvalue weighted by atomic mass is 35.5. The third kappa shape index (κ3) is 5.02. The Kier molecular flexibility index (Phi) is 6.60. The molecule has 1 aliphatic rings. The van der Waals surface area contributed by atoms with E-state index in [9.17, 15) is 14.4 Å². The molecule has 10 heteroatoms. The van der Waals surface area contributed by atoms with Crippen LogP contribution in [0.1, 0.15) is 26.9 Å². The Morgan fingerprint density at radius 3 is 2.44 bits per heavy atom. The highest BCUT2D eigenvalue weighted by molar-refractivity contribution is 6.33. The Labute approximate surface area is 187 Å². The number of hydrogen-bond acceptors (Lipinski definition) is 7. The second kappa shape index (κ2) is 9.73. The highest BCUT2D eigenvalue weighted by Gasteiger charge is 2.30. The van der Waals surface area contributed by atoms with Gasteiger partial charge in [0.05, 0.1) is 17.2 Å². The molecule has 2 atom stereocenters. The molecule has 1 aliphatic heterocycles. The molecule has 32 heavy (non-hydrogen) atoms. The fourth-order valence-electron chi connectivity index (χ4n) is 2.99. The number of halogens is 1. The quantitative estimate of drug-likeness (QED) is 0.569. The molecule has 0 saturated carbocycles. The number of esters is 1. The van der Waals surface area contributed by atoms with Crippen molar-refractivity contribution in [3.8, 4) is 0 Å². The van der Waals surface area contributed by atoms with Gasteiger partial charge in [0.15, 0.2) is 18.3 Å². The number of carbonyl (C=O) groups is 2. The van der Waals surface area contributed by atoms with E-state index in [1.54, 1.807) is 60.7 Å². The lowest BCUT2D eigenvalue weighted by molar-refractivity contribution is -0.103. The van der Waals surface area contributed by atoms with Crippen LogP contribution in [0.25, 0.3) is 0 Å². The smallest absolute Gasteiger partial charge is 0.351 e. The maximum atomic E-state index is 12.5. The molecule has 0 unspecified atom stereocenters. The minimum Gasteiger partial charge on any atom is -0.457 e. The van der Waals surface area contributed by atoms with Crippen LogP contribution >= 0.6 is 11.6 Å². The van der Waals surface area contributed by atoms with Gasteiger partial charge in [-0.1, -0.05) is 48.0 Å². The molecule has 1 saturated heterocycles. The third-order valence-corrected chi connectivity index (χ3v) is 4.86. The number of ether oxygens (including phenoxy) is 3. The Balaban J connectivity index is 1.38. The molecular formula is C22H18ClN3O6. The normalized spacial score (nSPS) is 17.7. The number of rotatable bonds is 6. The number of benzene rings is 2. The Morgan fingerprint density at radius 2 is 1.75 bits per heavy atom. The summed E-state index contributed by atoms with van der Waals surface area (Å²) < 4.78 is 17.4. The van der Waals surface area contributed by atoms with Crippen LogP contribution in [0.5, 0.6) is 0 Å². The van der Waals surface area contributed by atoms with Gasteiger partial charge in [-0.15, -0.1) is 0 Å². The Morgan fingerprint density at radius 1 is 1.09 bits per heavy atom. The first-order chi connectivity index (χ1) is 15.5.